The zero-order chi connectivity index (χ0) is 9.84. The number of carbonyl (C=O) groups is 1. The SMILES string of the molecule is COC(=O)N1CCN[C@@H](C(C)C)C1. The molecule has 0 radical (unpaired) electrons. The maximum Gasteiger partial charge on any atom is 0.409 e. The number of amides is 1. The van der Waals surface area contributed by atoms with Gasteiger partial charge in [0.25, 0.3) is 0 Å². The van der Waals surface area contributed by atoms with Crippen LogP contribution >= 0.6 is 0 Å². The molecule has 1 heterocycles. The molecular weight excluding hydrogens is 168 g/mol. The molecule has 0 saturated carbocycles. The third kappa shape index (κ3) is 2.59. The van der Waals surface area contributed by atoms with E-state index < -0.39 is 0 Å². The van der Waals surface area contributed by atoms with Crippen LogP contribution in [-0.2, 0) is 4.74 Å². The summed E-state index contributed by atoms with van der Waals surface area (Å²) in [7, 11) is 1.43. The van der Waals surface area contributed by atoms with E-state index in [1.54, 1.807) is 4.90 Å². The average Bonchev–Trinajstić information content (AvgIpc) is 2.17. The molecule has 4 heteroatoms. The molecule has 1 aliphatic rings. The largest absolute Gasteiger partial charge is 0.453 e. The lowest BCUT2D eigenvalue weighted by atomic mass is 10.0. The van der Waals surface area contributed by atoms with E-state index in [0.29, 0.717) is 12.0 Å². The predicted octanol–water partition coefficient (Wildman–Crippen LogP) is 0.683. The van der Waals surface area contributed by atoms with Crippen molar-refractivity contribution in [3.63, 3.8) is 0 Å². The molecule has 0 unspecified atom stereocenters. The van der Waals surface area contributed by atoms with Gasteiger partial charge in [0, 0.05) is 25.7 Å². The highest BCUT2D eigenvalue weighted by Gasteiger charge is 2.25. The fourth-order valence-corrected chi connectivity index (χ4v) is 1.52. The van der Waals surface area contributed by atoms with Gasteiger partial charge in [0.05, 0.1) is 7.11 Å². The van der Waals surface area contributed by atoms with Crippen molar-refractivity contribution in [2.24, 2.45) is 5.92 Å². The third-order valence-corrected chi connectivity index (χ3v) is 2.44. The Bertz CT molecular complexity index is 182. The second kappa shape index (κ2) is 4.46. The first kappa shape index (κ1) is 10.3. The van der Waals surface area contributed by atoms with Crippen LogP contribution in [0.3, 0.4) is 0 Å². The van der Waals surface area contributed by atoms with Crippen molar-refractivity contribution in [2.75, 3.05) is 26.7 Å². The molecule has 13 heavy (non-hydrogen) atoms. The van der Waals surface area contributed by atoms with Gasteiger partial charge in [-0.15, -0.1) is 0 Å². The highest BCUT2D eigenvalue weighted by atomic mass is 16.5. The molecule has 76 valence electrons. The van der Waals surface area contributed by atoms with E-state index in [1.165, 1.54) is 7.11 Å². The fourth-order valence-electron chi connectivity index (χ4n) is 1.52. The van der Waals surface area contributed by atoms with Crippen LogP contribution in [0.1, 0.15) is 13.8 Å². The number of ether oxygens (including phenoxy) is 1. The van der Waals surface area contributed by atoms with E-state index in [2.05, 4.69) is 23.9 Å². The molecule has 1 aliphatic heterocycles. The van der Waals surface area contributed by atoms with E-state index in [9.17, 15) is 4.79 Å². The van der Waals surface area contributed by atoms with E-state index in [1.807, 2.05) is 0 Å². The number of nitrogens with one attached hydrogen (secondary N) is 1. The second-order valence-electron chi connectivity index (χ2n) is 3.72. The van der Waals surface area contributed by atoms with Crippen LogP contribution in [0.5, 0.6) is 0 Å². The summed E-state index contributed by atoms with van der Waals surface area (Å²) in [6, 6.07) is 0.396. The number of carbonyl (C=O) groups excluding carboxylic acids is 1. The van der Waals surface area contributed by atoms with Gasteiger partial charge in [-0.25, -0.2) is 4.79 Å². The summed E-state index contributed by atoms with van der Waals surface area (Å²) in [5.41, 5.74) is 0. The lowest BCUT2D eigenvalue weighted by Crippen LogP contribution is -2.54. The average molecular weight is 186 g/mol. The number of piperazine rings is 1. The van der Waals surface area contributed by atoms with E-state index in [-0.39, 0.29) is 6.09 Å². The molecule has 1 amide bonds. The second-order valence-corrected chi connectivity index (χ2v) is 3.72. The maximum absolute atomic E-state index is 11.2. The first-order valence-corrected chi connectivity index (χ1v) is 4.71. The number of hydrogen-bond donors (Lipinski definition) is 1. The molecule has 0 bridgehead atoms. The summed E-state index contributed by atoms with van der Waals surface area (Å²) in [6.45, 7) is 6.66. The van der Waals surface area contributed by atoms with Crippen LogP contribution in [0.4, 0.5) is 4.79 Å². The number of methoxy groups -OCH3 is 1. The van der Waals surface area contributed by atoms with Crippen molar-refractivity contribution in [3.8, 4) is 0 Å². The monoisotopic (exact) mass is 186 g/mol. The minimum absolute atomic E-state index is 0.216. The molecule has 1 saturated heterocycles. The molecule has 1 fully saturated rings. The molecule has 0 aromatic heterocycles. The van der Waals surface area contributed by atoms with Crippen LogP contribution in [0, 0.1) is 5.92 Å². The van der Waals surface area contributed by atoms with Crippen molar-refractivity contribution in [1.82, 2.24) is 10.2 Å². The van der Waals surface area contributed by atoms with E-state index in [0.717, 1.165) is 19.6 Å². The van der Waals surface area contributed by atoms with Crippen molar-refractivity contribution >= 4 is 6.09 Å². The van der Waals surface area contributed by atoms with Gasteiger partial charge in [-0.2, -0.15) is 0 Å². The van der Waals surface area contributed by atoms with E-state index in [4.69, 9.17) is 0 Å². The Kier molecular flexibility index (Phi) is 3.54. The van der Waals surface area contributed by atoms with Gasteiger partial charge >= 0.3 is 6.09 Å². The van der Waals surface area contributed by atoms with Crippen molar-refractivity contribution < 1.29 is 9.53 Å². The molecule has 0 aromatic carbocycles. The van der Waals surface area contributed by atoms with Gasteiger partial charge in [-0.3, -0.25) is 0 Å². The van der Waals surface area contributed by atoms with E-state index >= 15 is 0 Å². The number of nitrogens with zero attached hydrogens (tertiary/aromatic N) is 1. The molecule has 1 N–H and O–H groups in total. The lowest BCUT2D eigenvalue weighted by Gasteiger charge is -2.34. The Hall–Kier alpha value is -0.770. The van der Waals surface area contributed by atoms with Crippen molar-refractivity contribution in [1.29, 1.82) is 0 Å². The van der Waals surface area contributed by atoms with Gasteiger partial charge in [-0.1, -0.05) is 13.8 Å². The Labute approximate surface area is 79.2 Å². The summed E-state index contributed by atoms with van der Waals surface area (Å²) in [6.07, 6.45) is -0.216. The minimum Gasteiger partial charge on any atom is -0.453 e. The summed E-state index contributed by atoms with van der Waals surface area (Å²) in [5.74, 6) is 0.549. The first-order chi connectivity index (χ1) is 6.15. The topological polar surface area (TPSA) is 41.6 Å². The van der Waals surface area contributed by atoms with Crippen LogP contribution in [0.25, 0.3) is 0 Å². The van der Waals surface area contributed by atoms with Gasteiger partial charge < -0.3 is 15.0 Å². The normalized spacial score (nSPS) is 23.4. The smallest absolute Gasteiger partial charge is 0.409 e. The first-order valence-electron chi connectivity index (χ1n) is 4.71. The zero-order valence-electron chi connectivity index (χ0n) is 8.54. The summed E-state index contributed by atoms with van der Waals surface area (Å²) < 4.78 is 4.68. The van der Waals surface area contributed by atoms with Crippen LogP contribution < -0.4 is 5.32 Å². The quantitative estimate of drug-likeness (QED) is 0.655. The minimum atomic E-state index is -0.216. The highest BCUT2D eigenvalue weighted by molar-refractivity contribution is 5.67. The maximum atomic E-state index is 11.2. The Morgan fingerprint density at radius 3 is 2.85 bits per heavy atom. The molecule has 0 aliphatic carbocycles. The summed E-state index contributed by atoms with van der Waals surface area (Å²) in [5, 5.41) is 3.38. The highest BCUT2D eigenvalue weighted by Crippen LogP contribution is 2.08. The number of hydrogen-bond acceptors (Lipinski definition) is 3. The summed E-state index contributed by atoms with van der Waals surface area (Å²) in [4.78, 5) is 13.0. The summed E-state index contributed by atoms with van der Waals surface area (Å²) >= 11 is 0. The standard InChI is InChI=1S/C9H18N2O2/c1-7(2)8-6-11(5-4-10-8)9(12)13-3/h7-8,10H,4-6H2,1-3H3/t8-/m1/s1. The zero-order valence-corrected chi connectivity index (χ0v) is 8.54. The molecule has 0 spiro atoms. The third-order valence-electron chi connectivity index (χ3n) is 2.44. The molecule has 0 aromatic rings. The Morgan fingerprint density at radius 2 is 2.31 bits per heavy atom. The fraction of sp³-hybridized carbons (Fsp3) is 0.889. The van der Waals surface area contributed by atoms with Gasteiger partial charge in [0.15, 0.2) is 0 Å². The van der Waals surface area contributed by atoms with Crippen molar-refractivity contribution in [3.05, 3.63) is 0 Å². The van der Waals surface area contributed by atoms with Crippen LogP contribution in [0.2, 0.25) is 0 Å². The molecular formula is C9H18N2O2. The molecule has 1 atom stereocenters. The Balaban J connectivity index is 2.46. The van der Waals surface area contributed by atoms with Gasteiger partial charge in [-0.05, 0) is 5.92 Å². The Morgan fingerprint density at radius 1 is 1.62 bits per heavy atom. The number of rotatable bonds is 1. The van der Waals surface area contributed by atoms with Crippen LogP contribution in [0.15, 0.2) is 0 Å². The molecule has 4 nitrogen and oxygen atoms in total. The van der Waals surface area contributed by atoms with Crippen LogP contribution in [-0.4, -0.2) is 43.8 Å². The van der Waals surface area contributed by atoms with Crippen molar-refractivity contribution in [2.45, 2.75) is 19.9 Å². The van der Waals surface area contributed by atoms with Gasteiger partial charge in [0.1, 0.15) is 0 Å². The van der Waals surface area contributed by atoms with Gasteiger partial charge in [0.2, 0.25) is 0 Å². The molecule has 1 rings (SSSR count). The predicted molar refractivity (Wildman–Crippen MR) is 50.6 cm³/mol. The lowest BCUT2D eigenvalue weighted by molar-refractivity contribution is 0.104.